The van der Waals surface area contributed by atoms with E-state index in [1.807, 2.05) is 0 Å². The number of hydrogen-bond donors (Lipinski definition) is 0. The lowest BCUT2D eigenvalue weighted by atomic mass is 9.79. The average molecular weight is 140 g/mol. The van der Waals surface area contributed by atoms with Crippen molar-refractivity contribution < 1.29 is 9.53 Å². The molecule has 2 nitrogen and oxygen atoms in total. The van der Waals surface area contributed by atoms with Crippen LogP contribution in [0, 0.1) is 5.92 Å². The fourth-order valence-electron chi connectivity index (χ4n) is 1.92. The Kier molecular flexibility index (Phi) is 1.31. The summed E-state index contributed by atoms with van der Waals surface area (Å²) in [6.07, 6.45) is 4.00. The summed E-state index contributed by atoms with van der Waals surface area (Å²) in [4.78, 5) is 10.9. The summed E-state index contributed by atoms with van der Waals surface area (Å²) in [5.41, 5.74) is 0. The van der Waals surface area contributed by atoms with Crippen LogP contribution in [0.3, 0.4) is 0 Å². The lowest BCUT2D eigenvalue weighted by Crippen LogP contribution is -2.46. The molecule has 0 radical (unpaired) electrons. The van der Waals surface area contributed by atoms with E-state index in [4.69, 9.17) is 4.74 Å². The molecule has 0 N–H and O–H groups in total. The predicted octanol–water partition coefficient (Wildman–Crippen LogP) is 1.14. The van der Waals surface area contributed by atoms with Gasteiger partial charge >= 0.3 is 0 Å². The van der Waals surface area contributed by atoms with Gasteiger partial charge in [-0.25, -0.2) is 0 Å². The third kappa shape index (κ3) is 0.870. The smallest absolute Gasteiger partial charge is 0.133 e. The molecule has 0 aromatic carbocycles. The van der Waals surface area contributed by atoms with E-state index in [-0.39, 0.29) is 0 Å². The van der Waals surface area contributed by atoms with Crippen molar-refractivity contribution in [2.75, 3.05) is 0 Å². The Morgan fingerprint density at radius 1 is 1.30 bits per heavy atom. The minimum Gasteiger partial charge on any atom is -0.375 e. The van der Waals surface area contributed by atoms with Gasteiger partial charge in [0.05, 0.1) is 12.2 Å². The largest absolute Gasteiger partial charge is 0.375 e. The van der Waals surface area contributed by atoms with Crippen LogP contribution in [0.1, 0.15) is 26.2 Å². The molecule has 3 fully saturated rings. The van der Waals surface area contributed by atoms with E-state index in [9.17, 15) is 4.79 Å². The van der Waals surface area contributed by atoms with Crippen LogP contribution >= 0.6 is 0 Å². The number of carbonyl (C=O) groups excluding carboxylic acids is 1. The Hall–Kier alpha value is -0.370. The van der Waals surface area contributed by atoms with Crippen LogP contribution in [0.2, 0.25) is 0 Å². The van der Waals surface area contributed by atoms with Crippen LogP contribution in [-0.2, 0) is 9.53 Å². The lowest BCUT2D eigenvalue weighted by molar-refractivity contribution is -0.176. The van der Waals surface area contributed by atoms with Crippen molar-refractivity contribution in [2.24, 2.45) is 5.92 Å². The first-order chi connectivity index (χ1) is 4.75. The number of carbonyl (C=O) groups is 1. The van der Waals surface area contributed by atoms with Crippen LogP contribution in [0.5, 0.6) is 0 Å². The summed E-state index contributed by atoms with van der Waals surface area (Å²) < 4.78 is 5.40. The van der Waals surface area contributed by atoms with Crippen LogP contribution in [-0.4, -0.2) is 18.0 Å². The van der Waals surface area contributed by atoms with Gasteiger partial charge in [0, 0.05) is 5.92 Å². The number of ether oxygens (including phenoxy) is 1. The molecule has 10 heavy (non-hydrogen) atoms. The van der Waals surface area contributed by atoms with Gasteiger partial charge in [-0.05, 0) is 26.2 Å². The summed E-state index contributed by atoms with van der Waals surface area (Å²) in [6, 6.07) is 0. The van der Waals surface area contributed by atoms with Gasteiger partial charge in [0.2, 0.25) is 0 Å². The first-order valence-corrected chi connectivity index (χ1v) is 3.91. The third-order valence-corrected chi connectivity index (χ3v) is 2.58. The molecule has 2 heterocycles. The number of ketones is 1. The molecule has 1 aliphatic carbocycles. The number of fused-ring (bicyclic) bond motifs is 2. The second-order valence-electron chi connectivity index (χ2n) is 3.39. The van der Waals surface area contributed by atoms with Crippen molar-refractivity contribution in [1.82, 2.24) is 0 Å². The van der Waals surface area contributed by atoms with Crippen molar-refractivity contribution in [2.45, 2.75) is 38.4 Å². The molecule has 3 rings (SSSR count). The summed E-state index contributed by atoms with van der Waals surface area (Å²) in [6.45, 7) is 1.69. The van der Waals surface area contributed by atoms with E-state index in [0.717, 1.165) is 12.8 Å². The summed E-state index contributed by atoms with van der Waals surface area (Å²) in [7, 11) is 0. The van der Waals surface area contributed by atoms with E-state index in [2.05, 4.69) is 0 Å². The molecular weight excluding hydrogens is 128 g/mol. The SMILES string of the molecule is CC(=O)C1CC2CC(C1)O2. The lowest BCUT2D eigenvalue weighted by Gasteiger charge is -2.44. The molecule has 2 bridgehead atoms. The highest BCUT2D eigenvalue weighted by atomic mass is 16.5. The Morgan fingerprint density at radius 3 is 2.10 bits per heavy atom. The van der Waals surface area contributed by atoms with Gasteiger partial charge in [0.15, 0.2) is 0 Å². The van der Waals surface area contributed by atoms with Gasteiger partial charge in [-0.3, -0.25) is 4.79 Å². The Balaban J connectivity index is 1.97. The minimum absolute atomic E-state index is 0.317. The fourth-order valence-corrected chi connectivity index (χ4v) is 1.92. The van der Waals surface area contributed by atoms with Gasteiger partial charge in [-0.1, -0.05) is 0 Å². The molecule has 0 spiro atoms. The zero-order valence-electron chi connectivity index (χ0n) is 6.17. The van der Waals surface area contributed by atoms with Crippen LogP contribution in [0.25, 0.3) is 0 Å². The number of rotatable bonds is 1. The van der Waals surface area contributed by atoms with E-state index in [1.165, 1.54) is 6.42 Å². The highest BCUT2D eigenvalue weighted by molar-refractivity contribution is 5.78. The molecule has 0 amide bonds. The number of Topliss-reactive ketones (excluding diaryl/α,β-unsaturated/α-hetero) is 1. The first kappa shape index (κ1) is 6.35. The van der Waals surface area contributed by atoms with E-state index in [1.54, 1.807) is 6.92 Å². The highest BCUT2D eigenvalue weighted by Crippen LogP contribution is 2.38. The van der Waals surface area contributed by atoms with Gasteiger partial charge in [0.25, 0.3) is 0 Å². The number of hydrogen-bond acceptors (Lipinski definition) is 2. The fraction of sp³-hybridized carbons (Fsp3) is 0.875. The van der Waals surface area contributed by atoms with Gasteiger partial charge in [-0.2, -0.15) is 0 Å². The second kappa shape index (κ2) is 2.06. The summed E-state index contributed by atoms with van der Waals surface area (Å²) in [5, 5.41) is 0. The molecule has 1 saturated carbocycles. The Labute approximate surface area is 60.6 Å². The minimum atomic E-state index is 0.317. The van der Waals surface area contributed by atoms with Crippen molar-refractivity contribution in [1.29, 1.82) is 0 Å². The quantitative estimate of drug-likeness (QED) is 0.546. The Morgan fingerprint density at radius 2 is 1.80 bits per heavy atom. The monoisotopic (exact) mass is 140 g/mol. The maximum absolute atomic E-state index is 10.9. The molecule has 56 valence electrons. The zero-order valence-corrected chi connectivity index (χ0v) is 6.17. The standard InChI is InChI=1S/C8H12O2/c1-5(9)6-2-7-4-8(3-6)10-7/h6-8H,2-4H2,1H3. The van der Waals surface area contributed by atoms with Crippen LogP contribution in [0.15, 0.2) is 0 Å². The van der Waals surface area contributed by atoms with Crippen LogP contribution < -0.4 is 0 Å². The molecule has 2 saturated heterocycles. The van der Waals surface area contributed by atoms with Crippen LogP contribution in [0.4, 0.5) is 0 Å². The first-order valence-electron chi connectivity index (χ1n) is 3.91. The van der Waals surface area contributed by atoms with E-state index < -0.39 is 0 Å². The maximum Gasteiger partial charge on any atom is 0.133 e. The molecule has 0 aromatic heterocycles. The van der Waals surface area contributed by atoms with Gasteiger partial charge in [-0.15, -0.1) is 0 Å². The van der Waals surface area contributed by atoms with Crippen molar-refractivity contribution in [3.8, 4) is 0 Å². The van der Waals surface area contributed by atoms with E-state index >= 15 is 0 Å². The van der Waals surface area contributed by atoms with Gasteiger partial charge in [0.1, 0.15) is 5.78 Å². The predicted molar refractivity (Wildman–Crippen MR) is 36.7 cm³/mol. The average Bonchev–Trinajstić information content (AvgIpc) is 1.86. The normalized spacial score (nSPS) is 44.3. The van der Waals surface area contributed by atoms with Crippen molar-refractivity contribution in [3.63, 3.8) is 0 Å². The molecule has 2 aliphatic heterocycles. The third-order valence-electron chi connectivity index (χ3n) is 2.58. The zero-order chi connectivity index (χ0) is 7.14. The second-order valence-corrected chi connectivity index (χ2v) is 3.39. The van der Waals surface area contributed by atoms with Gasteiger partial charge < -0.3 is 4.74 Å². The van der Waals surface area contributed by atoms with Crippen molar-refractivity contribution in [3.05, 3.63) is 0 Å². The molecule has 2 heteroatoms. The maximum atomic E-state index is 10.9. The molecule has 0 aromatic rings. The van der Waals surface area contributed by atoms with E-state index in [0.29, 0.717) is 23.9 Å². The molecule has 2 unspecified atom stereocenters. The molecular formula is C8H12O2. The molecule has 2 atom stereocenters. The topological polar surface area (TPSA) is 26.3 Å². The summed E-state index contributed by atoms with van der Waals surface area (Å²) in [5.74, 6) is 0.663. The highest BCUT2D eigenvalue weighted by Gasteiger charge is 2.40. The summed E-state index contributed by atoms with van der Waals surface area (Å²) >= 11 is 0. The van der Waals surface area contributed by atoms with Crippen molar-refractivity contribution >= 4 is 5.78 Å². The Bertz CT molecular complexity index is 149. The molecule has 3 aliphatic rings.